The Labute approximate surface area is 165 Å². The molecule has 3 rings (SSSR count). The number of aromatic nitrogens is 2. The number of amides is 1. The van der Waals surface area contributed by atoms with Gasteiger partial charge in [0.05, 0.1) is 16.2 Å². The number of benzene rings is 1. The maximum absolute atomic E-state index is 13.0. The van der Waals surface area contributed by atoms with Gasteiger partial charge in [0.25, 0.3) is 5.56 Å². The van der Waals surface area contributed by atoms with Crippen LogP contribution >= 0.6 is 11.8 Å². The Kier molecular flexibility index (Phi) is 6.94. The lowest BCUT2D eigenvalue weighted by molar-refractivity contribution is -0.129. The van der Waals surface area contributed by atoms with Crippen molar-refractivity contribution in [2.75, 3.05) is 13.1 Å². The summed E-state index contributed by atoms with van der Waals surface area (Å²) in [4.78, 5) is 32.4. The van der Waals surface area contributed by atoms with Crippen LogP contribution in [0.15, 0.2) is 34.2 Å². The van der Waals surface area contributed by atoms with E-state index in [-0.39, 0.29) is 16.7 Å². The van der Waals surface area contributed by atoms with E-state index in [0.29, 0.717) is 22.6 Å². The quantitative estimate of drug-likeness (QED) is 0.389. The summed E-state index contributed by atoms with van der Waals surface area (Å²) in [5, 5.41) is 1.07. The SMILES string of the molecule is CCCCCCn1c(SC(C)C(=O)N2CCCC2)nc2ccccc2c1=O. The van der Waals surface area contributed by atoms with Gasteiger partial charge in [0, 0.05) is 19.6 Å². The fourth-order valence-corrected chi connectivity index (χ4v) is 4.55. The zero-order valence-corrected chi connectivity index (χ0v) is 17.1. The van der Waals surface area contributed by atoms with Gasteiger partial charge in [0.2, 0.25) is 5.91 Å². The molecule has 146 valence electrons. The van der Waals surface area contributed by atoms with Gasteiger partial charge in [0.1, 0.15) is 0 Å². The van der Waals surface area contributed by atoms with E-state index in [0.717, 1.165) is 45.2 Å². The minimum atomic E-state index is -0.238. The standard InChI is InChI=1S/C21H29N3O2S/c1-3-4-5-8-15-24-20(26)17-11-6-7-12-18(17)22-21(24)27-16(2)19(25)23-13-9-10-14-23/h6-7,11-12,16H,3-5,8-10,13-15H2,1-2H3. The lowest BCUT2D eigenvalue weighted by atomic mass is 10.2. The lowest BCUT2D eigenvalue weighted by Crippen LogP contribution is -2.34. The molecular weight excluding hydrogens is 358 g/mol. The van der Waals surface area contributed by atoms with Gasteiger partial charge in [-0.25, -0.2) is 4.98 Å². The molecule has 1 aromatic carbocycles. The van der Waals surface area contributed by atoms with Crippen molar-refractivity contribution in [3.63, 3.8) is 0 Å². The third kappa shape index (κ3) is 4.72. The number of rotatable bonds is 8. The number of fused-ring (bicyclic) bond motifs is 1. The maximum Gasteiger partial charge on any atom is 0.262 e. The molecule has 1 atom stereocenters. The number of unbranched alkanes of at least 4 members (excludes halogenated alkanes) is 3. The minimum Gasteiger partial charge on any atom is -0.342 e. The van der Waals surface area contributed by atoms with Gasteiger partial charge in [-0.15, -0.1) is 0 Å². The van der Waals surface area contributed by atoms with E-state index in [1.807, 2.05) is 36.1 Å². The fourth-order valence-electron chi connectivity index (χ4n) is 3.53. The van der Waals surface area contributed by atoms with Gasteiger partial charge in [0.15, 0.2) is 5.16 Å². The summed E-state index contributed by atoms with van der Waals surface area (Å²) in [6, 6.07) is 7.47. The number of likely N-dealkylation sites (tertiary alicyclic amines) is 1. The molecule has 0 aliphatic carbocycles. The molecule has 1 aliphatic heterocycles. The number of carbonyl (C=O) groups is 1. The molecule has 2 aromatic rings. The molecule has 1 unspecified atom stereocenters. The molecule has 6 heteroatoms. The molecule has 1 aliphatic rings. The number of nitrogens with zero attached hydrogens (tertiary/aromatic N) is 3. The molecule has 1 saturated heterocycles. The van der Waals surface area contributed by atoms with Gasteiger partial charge in [-0.3, -0.25) is 14.2 Å². The molecule has 2 heterocycles. The average molecular weight is 388 g/mol. The molecule has 0 spiro atoms. The summed E-state index contributed by atoms with van der Waals surface area (Å²) in [6.07, 6.45) is 6.55. The summed E-state index contributed by atoms with van der Waals surface area (Å²) in [5.41, 5.74) is 0.705. The summed E-state index contributed by atoms with van der Waals surface area (Å²) in [5.74, 6) is 0.150. The van der Waals surface area contributed by atoms with Gasteiger partial charge < -0.3 is 4.90 Å². The van der Waals surface area contributed by atoms with Gasteiger partial charge in [-0.2, -0.15) is 0 Å². The Hall–Kier alpha value is -1.82. The van der Waals surface area contributed by atoms with Crippen molar-refractivity contribution in [2.24, 2.45) is 0 Å². The van der Waals surface area contributed by atoms with Gasteiger partial charge in [-0.05, 0) is 38.3 Å². The first-order valence-corrected chi connectivity index (χ1v) is 10.9. The van der Waals surface area contributed by atoms with Crippen LogP contribution in [0.25, 0.3) is 10.9 Å². The molecule has 0 saturated carbocycles. The normalized spacial score (nSPS) is 15.4. The van der Waals surface area contributed by atoms with Crippen molar-refractivity contribution in [3.05, 3.63) is 34.6 Å². The number of thioether (sulfide) groups is 1. The first-order valence-electron chi connectivity index (χ1n) is 10.1. The minimum absolute atomic E-state index is 0.000389. The average Bonchev–Trinajstić information content (AvgIpc) is 3.21. The highest BCUT2D eigenvalue weighted by molar-refractivity contribution is 8.00. The van der Waals surface area contributed by atoms with Crippen molar-refractivity contribution in [3.8, 4) is 0 Å². The predicted molar refractivity (Wildman–Crippen MR) is 111 cm³/mol. The van der Waals surface area contributed by atoms with Crippen molar-refractivity contribution in [1.29, 1.82) is 0 Å². The second-order valence-corrected chi connectivity index (χ2v) is 8.53. The monoisotopic (exact) mass is 387 g/mol. The first kappa shape index (κ1) is 19.9. The van der Waals surface area contributed by atoms with E-state index < -0.39 is 0 Å². The third-order valence-corrected chi connectivity index (χ3v) is 6.19. The number of hydrogen-bond acceptors (Lipinski definition) is 4. The summed E-state index contributed by atoms with van der Waals surface area (Å²) >= 11 is 1.42. The maximum atomic E-state index is 13.0. The summed E-state index contributed by atoms with van der Waals surface area (Å²) in [6.45, 7) is 6.45. The van der Waals surface area contributed by atoms with E-state index in [4.69, 9.17) is 4.98 Å². The van der Waals surface area contributed by atoms with Crippen LogP contribution in [0.1, 0.15) is 52.4 Å². The zero-order chi connectivity index (χ0) is 19.2. The first-order chi connectivity index (χ1) is 13.1. The van der Waals surface area contributed by atoms with Crippen molar-refractivity contribution in [2.45, 2.75) is 69.3 Å². The topological polar surface area (TPSA) is 55.2 Å². The Balaban J connectivity index is 1.86. The number of hydrogen-bond donors (Lipinski definition) is 0. The van der Waals surface area contributed by atoms with E-state index in [1.54, 1.807) is 4.57 Å². The molecule has 1 amide bonds. The lowest BCUT2D eigenvalue weighted by Gasteiger charge is -2.21. The highest BCUT2D eigenvalue weighted by Gasteiger charge is 2.25. The Morgan fingerprint density at radius 3 is 2.67 bits per heavy atom. The number of para-hydroxylation sites is 1. The Morgan fingerprint density at radius 2 is 1.93 bits per heavy atom. The number of carbonyl (C=O) groups excluding carboxylic acids is 1. The molecule has 0 bridgehead atoms. The van der Waals surface area contributed by atoms with Gasteiger partial charge in [-0.1, -0.05) is 50.1 Å². The van der Waals surface area contributed by atoms with Crippen LogP contribution in [-0.2, 0) is 11.3 Å². The van der Waals surface area contributed by atoms with Crippen LogP contribution in [0.5, 0.6) is 0 Å². The van der Waals surface area contributed by atoms with E-state index in [2.05, 4.69) is 6.92 Å². The smallest absolute Gasteiger partial charge is 0.262 e. The highest BCUT2D eigenvalue weighted by atomic mass is 32.2. The second-order valence-electron chi connectivity index (χ2n) is 7.22. The van der Waals surface area contributed by atoms with Crippen LogP contribution in [0.3, 0.4) is 0 Å². The Morgan fingerprint density at radius 1 is 1.19 bits per heavy atom. The molecule has 27 heavy (non-hydrogen) atoms. The molecule has 0 radical (unpaired) electrons. The highest BCUT2D eigenvalue weighted by Crippen LogP contribution is 2.25. The summed E-state index contributed by atoms with van der Waals surface area (Å²) < 4.78 is 1.77. The predicted octanol–water partition coefficient (Wildman–Crippen LogP) is 4.08. The molecule has 1 aromatic heterocycles. The molecule has 1 fully saturated rings. The van der Waals surface area contributed by atoms with Crippen LogP contribution in [0, 0.1) is 0 Å². The van der Waals surface area contributed by atoms with E-state index >= 15 is 0 Å². The molecular formula is C21H29N3O2S. The van der Waals surface area contributed by atoms with Crippen LogP contribution in [0.2, 0.25) is 0 Å². The second kappa shape index (κ2) is 9.40. The van der Waals surface area contributed by atoms with Crippen molar-refractivity contribution < 1.29 is 4.79 Å². The van der Waals surface area contributed by atoms with Gasteiger partial charge >= 0.3 is 0 Å². The molecule has 5 nitrogen and oxygen atoms in total. The van der Waals surface area contributed by atoms with Crippen molar-refractivity contribution in [1.82, 2.24) is 14.5 Å². The summed E-state index contributed by atoms with van der Waals surface area (Å²) in [7, 11) is 0. The fraction of sp³-hybridized carbons (Fsp3) is 0.571. The molecule has 0 N–H and O–H groups in total. The third-order valence-electron chi connectivity index (χ3n) is 5.11. The zero-order valence-electron chi connectivity index (χ0n) is 16.3. The van der Waals surface area contributed by atoms with Crippen LogP contribution < -0.4 is 5.56 Å². The van der Waals surface area contributed by atoms with E-state index in [9.17, 15) is 9.59 Å². The van der Waals surface area contributed by atoms with Crippen LogP contribution in [0.4, 0.5) is 0 Å². The largest absolute Gasteiger partial charge is 0.342 e. The van der Waals surface area contributed by atoms with Crippen LogP contribution in [-0.4, -0.2) is 38.7 Å². The van der Waals surface area contributed by atoms with E-state index in [1.165, 1.54) is 18.2 Å². The van der Waals surface area contributed by atoms with Crippen molar-refractivity contribution >= 4 is 28.6 Å². The Bertz CT molecular complexity index is 843.